The Hall–Kier alpha value is -0.710. The molecule has 1 aromatic carbocycles. The Bertz CT molecular complexity index is 381. The second kappa shape index (κ2) is 8.46. The average Bonchev–Trinajstić information content (AvgIpc) is 2.39. The van der Waals surface area contributed by atoms with Gasteiger partial charge in [0.05, 0.1) is 5.25 Å². The molecule has 0 heterocycles. The number of nitrogens with two attached hydrogens (primary N) is 1. The first-order valence-corrected chi connectivity index (χ1v) is 8.12. The lowest BCUT2D eigenvalue weighted by atomic mass is 9.97. The van der Waals surface area contributed by atoms with Crippen LogP contribution in [0.5, 0.6) is 0 Å². The molecule has 0 aromatic heterocycles. The van der Waals surface area contributed by atoms with Gasteiger partial charge in [0.1, 0.15) is 0 Å². The number of hydrogen-bond acceptors (Lipinski definition) is 3. The predicted molar refractivity (Wildman–Crippen MR) is 81.5 cm³/mol. The first kappa shape index (κ1) is 16.3. The summed E-state index contributed by atoms with van der Waals surface area (Å²) in [5, 5.41) is -0.0146. The van der Waals surface area contributed by atoms with Crippen molar-refractivity contribution in [3.05, 3.63) is 35.9 Å². The summed E-state index contributed by atoms with van der Waals surface area (Å²) < 4.78 is 17.5. The smallest absolute Gasteiger partial charge is 0.0563 e. The minimum atomic E-state index is -0.925. The Balaban J connectivity index is 2.74. The van der Waals surface area contributed by atoms with Gasteiger partial charge in [-0.1, -0.05) is 44.2 Å². The summed E-state index contributed by atoms with van der Waals surface area (Å²) in [6, 6.07) is 9.75. The monoisotopic (exact) mass is 283 g/mol. The fourth-order valence-corrected chi connectivity index (χ4v) is 3.99. The van der Waals surface area contributed by atoms with Gasteiger partial charge in [0, 0.05) is 36.3 Å². The van der Waals surface area contributed by atoms with Crippen molar-refractivity contribution in [1.82, 2.24) is 0 Å². The highest BCUT2D eigenvalue weighted by Gasteiger charge is 2.28. The van der Waals surface area contributed by atoms with Crippen LogP contribution in [0.2, 0.25) is 0 Å². The van der Waals surface area contributed by atoms with Gasteiger partial charge in [-0.05, 0) is 17.9 Å². The van der Waals surface area contributed by atoms with Crippen molar-refractivity contribution in [2.45, 2.75) is 31.6 Å². The van der Waals surface area contributed by atoms with E-state index < -0.39 is 10.8 Å². The summed E-state index contributed by atoms with van der Waals surface area (Å²) in [5.74, 6) is 0.940. The summed E-state index contributed by atoms with van der Waals surface area (Å²) in [6.07, 6.45) is 0.813. The Morgan fingerprint density at radius 2 is 1.89 bits per heavy atom. The van der Waals surface area contributed by atoms with Crippen molar-refractivity contribution in [3.8, 4) is 0 Å². The molecule has 3 atom stereocenters. The second-order valence-electron chi connectivity index (χ2n) is 5.08. The first-order chi connectivity index (χ1) is 9.07. The van der Waals surface area contributed by atoms with E-state index >= 15 is 0 Å². The van der Waals surface area contributed by atoms with Crippen molar-refractivity contribution in [2.24, 2.45) is 11.7 Å². The molecule has 0 bridgehead atoms. The van der Waals surface area contributed by atoms with Gasteiger partial charge in [-0.2, -0.15) is 0 Å². The summed E-state index contributed by atoms with van der Waals surface area (Å²) >= 11 is 0. The van der Waals surface area contributed by atoms with E-state index in [1.54, 1.807) is 7.11 Å². The molecule has 1 aromatic rings. The molecule has 0 aliphatic rings. The number of rotatable bonds is 8. The summed E-state index contributed by atoms with van der Waals surface area (Å²) in [7, 11) is 0.740. The molecule has 19 heavy (non-hydrogen) atoms. The molecule has 0 radical (unpaired) electrons. The quantitative estimate of drug-likeness (QED) is 0.746. The maximum atomic E-state index is 12.4. The predicted octanol–water partition coefficient (Wildman–Crippen LogP) is 2.50. The van der Waals surface area contributed by atoms with E-state index in [1.807, 2.05) is 30.3 Å². The van der Waals surface area contributed by atoms with Crippen LogP contribution in [0, 0.1) is 5.92 Å². The van der Waals surface area contributed by atoms with Gasteiger partial charge in [-0.15, -0.1) is 0 Å². The molecule has 3 nitrogen and oxygen atoms in total. The van der Waals surface area contributed by atoms with Crippen molar-refractivity contribution in [1.29, 1.82) is 0 Å². The van der Waals surface area contributed by atoms with E-state index in [0.29, 0.717) is 18.3 Å². The van der Waals surface area contributed by atoms with Crippen LogP contribution in [0.25, 0.3) is 0 Å². The van der Waals surface area contributed by atoms with Crippen LogP contribution in [0.3, 0.4) is 0 Å². The Labute approximate surface area is 119 Å². The lowest BCUT2D eigenvalue weighted by Gasteiger charge is -2.27. The SMILES string of the molecule is COCCCS(=O)C(C(C)C)C(N)c1ccccc1. The van der Waals surface area contributed by atoms with Crippen molar-refractivity contribution < 1.29 is 8.95 Å². The van der Waals surface area contributed by atoms with Crippen LogP contribution in [0.1, 0.15) is 31.9 Å². The van der Waals surface area contributed by atoms with Crippen molar-refractivity contribution in [3.63, 3.8) is 0 Å². The Morgan fingerprint density at radius 3 is 2.42 bits per heavy atom. The van der Waals surface area contributed by atoms with Crippen LogP contribution in [-0.4, -0.2) is 28.9 Å². The zero-order valence-corrected chi connectivity index (χ0v) is 12.9. The third kappa shape index (κ3) is 5.05. The van der Waals surface area contributed by atoms with Gasteiger partial charge in [0.25, 0.3) is 0 Å². The van der Waals surface area contributed by atoms with Gasteiger partial charge in [0.15, 0.2) is 0 Å². The lowest BCUT2D eigenvalue weighted by Crippen LogP contribution is -2.35. The normalized spacial score (nSPS) is 16.3. The molecule has 108 valence electrons. The summed E-state index contributed by atoms with van der Waals surface area (Å²) in [5.41, 5.74) is 7.38. The van der Waals surface area contributed by atoms with E-state index in [2.05, 4.69) is 13.8 Å². The molecular weight excluding hydrogens is 258 g/mol. The van der Waals surface area contributed by atoms with E-state index in [-0.39, 0.29) is 11.3 Å². The van der Waals surface area contributed by atoms with Gasteiger partial charge in [0.2, 0.25) is 0 Å². The number of methoxy groups -OCH3 is 1. The van der Waals surface area contributed by atoms with Gasteiger partial charge < -0.3 is 10.5 Å². The van der Waals surface area contributed by atoms with E-state index in [1.165, 1.54) is 0 Å². The highest BCUT2D eigenvalue weighted by Crippen LogP contribution is 2.24. The molecule has 0 aliphatic carbocycles. The molecule has 0 fully saturated rings. The van der Waals surface area contributed by atoms with Crippen LogP contribution >= 0.6 is 0 Å². The first-order valence-electron chi connectivity index (χ1n) is 6.74. The third-order valence-corrected chi connectivity index (χ3v) is 5.33. The highest BCUT2D eigenvalue weighted by atomic mass is 32.2. The Kier molecular flexibility index (Phi) is 7.28. The molecule has 0 aliphatic heterocycles. The standard InChI is InChI=1S/C15H25NO2S/c1-12(2)15(19(17)11-7-10-18-3)14(16)13-8-5-4-6-9-13/h4-6,8-9,12,14-15H,7,10-11,16H2,1-3H3. The maximum Gasteiger partial charge on any atom is 0.0563 e. The number of hydrogen-bond donors (Lipinski definition) is 1. The fourth-order valence-electron chi connectivity index (χ4n) is 2.23. The molecule has 1 rings (SSSR count). The Morgan fingerprint density at radius 1 is 1.26 bits per heavy atom. The minimum Gasteiger partial charge on any atom is -0.385 e. The van der Waals surface area contributed by atoms with Gasteiger partial charge in [-0.25, -0.2) is 0 Å². The van der Waals surface area contributed by atoms with Gasteiger partial charge >= 0.3 is 0 Å². The van der Waals surface area contributed by atoms with Crippen LogP contribution < -0.4 is 5.73 Å². The molecule has 4 heteroatoms. The molecule has 0 spiro atoms. The van der Waals surface area contributed by atoms with Crippen LogP contribution in [-0.2, 0) is 15.5 Å². The molecule has 0 amide bonds. The largest absolute Gasteiger partial charge is 0.385 e. The zero-order valence-electron chi connectivity index (χ0n) is 12.0. The maximum absolute atomic E-state index is 12.4. The third-order valence-electron chi connectivity index (χ3n) is 3.19. The highest BCUT2D eigenvalue weighted by molar-refractivity contribution is 7.85. The molecule has 3 unspecified atom stereocenters. The lowest BCUT2D eigenvalue weighted by molar-refractivity contribution is 0.199. The fraction of sp³-hybridized carbons (Fsp3) is 0.600. The average molecular weight is 283 g/mol. The number of benzene rings is 1. The van der Waals surface area contributed by atoms with E-state index in [4.69, 9.17) is 10.5 Å². The molecular formula is C15H25NO2S. The van der Waals surface area contributed by atoms with Crippen LogP contribution in [0.4, 0.5) is 0 Å². The summed E-state index contributed by atoms with van der Waals surface area (Å²) in [4.78, 5) is 0. The second-order valence-corrected chi connectivity index (χ2v) is 6.79. The van der Waals surface area contributed by atoms with Crippen molar-refractivity contribution in [2.75, 3.05) is 19.5 Å². The summed E-state index contributed by atoms with van der Waals surface area (Å²) in [6.45, 7) is 4.82. The van der Waals surface area contributed by atoms with E-state index in [9.17, 15) is 4.21 Å². The van der Waals surface area contributed by atoms with Crippen LogP contribution in [0.15, 0.2) is 30.3 Å². The minimum absolute atomic E-state index is 0.0146. The van der Waals surface area contributed by atoms with Crippen molar-refractivity contribution >= 4 is 10.8 Å². The van der Waals surface area contributed by atoms with E-state index in [0.717, 1.165) is 12.0 Å². The number of ether oxygens (including phenoxy) is 1. The zero-order chi connectivity index (χ0) is 14.3. The topological polar surface area (TPSA) is 52.3 Å². The van der Waals surface area contributed by atoms with Gasteiger partial charge in [-0.3, -0.25) is 4.21 Å². The molecule has 0 saturated carbocycles. The molecule has 2 N–H and O–H groups in total. The molecule has 0 saturated heterocycles.